The fourth-order valence-corrected chi connectivity index (χ4v) is 3.41. The molecule has 20 heavy (non-hydrogen) atoms. The van der Waals surface area contributed by atoms with E-state index in [1.165, 1.54) is 0 Å². The van der Waals surface area contributed by atoms with E-state index in [1.54, 1.807) is 11.3 Å². The van der Waals surface area contributed by atoms with Crippen LogP contribution in [0, 0.1) is 23.7 Å². The molecule has 0 bridgehead atoms. The number of rotatable bonds is 4. The van der Waals surface area contributed by atoms with Gasteiger partial charge in [0.2, 0.25) is 5.91 Å². The number of hydrogen-bond acceptors (Lipinski definition) is 3. The summed E-state index contributed by atoms with van der Waals surface area (Å²) in [6.07, 6.45) is 3.83. The van der Waals surface area contributed by atoms with Gasteiger partial charge in [0.05, 0.1) is 13.2 Å². The Morgan fingerprint density at radius 3 is 3.10 bits per heavy atom. The number of thiophene rings is 1. The molecule has 2 unspecified atom stereocenters. The molecule has 2 rings (SSSR count). The highest BCUT2D eigenvalue weighted by Gasteiger charge is 2.29. The van der Waals surface area contributed by atoms with Crippen LogP contribution in [-0.4, -0.2) is 17.6 Å². The number of amides is 1. The van der Waals surface area contributed by atoms with Gasteiger partial charge in [0.15, 0.2) is 0 Å². The van der Waals surface area contributed by atoms with Crippen molar-refractivity contribution >= 4 is 17.2 Å². The fraction of sp³-hybridized carbons (Fsp3) is 0.562. The van der Waals surface area contributed by atoms with Crippen LogP contribution in [0.15, 0.2) is 11.4 Å². The van der Waals surface area contributed by atoms with Crippen LogP contribution in [0.1, 0.15) is 43.0 Å². The zero-order chi connectivity index (χ0) is 14.4. The molecule has 4 heteroatoms. The minimum atomic E-state index is 0.0861. The Hall–Kier alpha value is -1.31. The van der Waals surface area contributed by atoms with Crippen molar-refractivity contribution < 1.29 is 9.90 Å². The molecule has 2 atom stereocenters. The van der Waals surface area contributed by atoms with Crippen LogP contribution in [0.4, 0.5) is 0 Å². The first kappa shape index (κ1) is 15.1. The molecule has 0 saturated heterocycles. The molecule has 1 aliphatic carbocycles. The van der Waals surface area contributed by atoms with Crippen LogP contribution < -0.4 is 5.32 Å². The summed E-state index contributed by atoms with van der Waals surface area (Å²) >= 11 is 1.61. The Bertz CT molecular complexity index is 512. The van der Waals surface area contributed by atoms with Gasteiger partial charge in [0, 0.05) is 22.8 Å². The maximum Gasteiger partial charge on any atom is 0.223 e. The van der Waals surface area contributed by atoms with Crippen molar-refractivity contribution in [3.63, 3.8) is 0 Å². The van der Waals surface area contributed by atoms with E-state index in [9.17, 15) is 4.79 Å². The Labute approximate surface area is 124 Å². The average molecular weight is 291 g/mol. The van der Waals surface area contributed by atoms with E-state index in [4.69, 9.17) is 5.11 Å². The van der Waals surface area contributed by atoms with E-state index >= 15 is 0 Å². The van der Waals surface area contributed by atoms with Gasteiger partial charge in [-0.15, -0.1) is 11.3 Å². The number of aliphatic hydroxyl groups excluding tert-OH is 1. The van der Waals surface area contributed by atoms with E-state index in [1.807, 2.05) is 11.4 Å². The Kier molecular flexibility index (Phi) is 5.63. The summed E-state index contributed by atoms with van der Waals surface area (Å²) in [7, 11) is 0. The van der Waals surface area contributed by atoms with Gasteiger partial charge in [-0.2, -0.15) is 0 Å². The molecule has 108 valence electrons. The summed E-state index contributed by atoms with van der Waals surface area (Å²) < 4.78 is 0. The standard InChI is InChI=1S/C16H21NO2S/c1-12-5-4-7-14(12)16(19)17-11-15-13(8-10-20-15)6-2-3-9-18/h8,10,12,14,18H,3-5,7,9,11H2,1H3,(H,17,19). The van der Waals surface area contributed by atoms with Gasteiger partial charge >= 0.3 is 0 Å². The predicted molar refractivity (Wildman–Crippen MR) is 81.3 cm³/mol. The molecule has 2 N–H and O–H groups in total. The van der Waals surface area contributed by atoms with Crippen molar-refractivity contribution in [1.29, 1.82) is 0 Å². The van der Waals surface area contributed by atoms with Gasteiger partial charge in [-0.25, -0.2) is 0 Å². The second-order valence-corrected chi connectivity index (χ2v) is 6.27. The Balaban J connectivity index is 1.90. The Morgan fingerprint density at radius 2 is 2.40 bits per heavy atom. The lowest BCUT2D eigenvalue weighted by Gasteiger charge is -2.14. The molecular formula is C16H21NO2S. The number of aliphatic hydroxyl groups is 1. The van der Waals surface area contributed by atoms with Gasteiger partial charge in [-0.1, -0.05) is 25.2 Å². The third-order valence-electron chi connectivity index (χ3n) is 3.83. The van der Waals surface area contributed by atoms with Crippen LogP contribution in [0.5, 0.6) is 0 Å². The molecule has 1 aliphatic rings. The first-order chi connectivity index (χ1) is 9.72. The van der Waals surface area contributed by atoms with E-state index in [2.05, 4.69) is 24.1 Å². The van der Waals surface area contributed by atoms with Crippen LogP contribution in [0.2, 0.25) is 0 Å². The first-order valence-electron chi connectivity index (χ1n) is 7.16. The quantitative estimate of drug-likeness (QED) is 0.838. The summed E-state index contributed by atoms with van der Waals surface area (Å²) in [6, 6.07) is 1.97. The highest BCUT2D eigenvalue weighted by molar-refractivity contribution is 7.10. The number of nitrogens with one attached hydrogen (secondary N) is 1. The van der Waals surface area contributed by atoms with Crippen LogP contribution in [0.25, 0.3) is 0 Å². The van der Waals surface area contributed by atoms with E-state index in [0.29, 0.717) is 18.9 Å². The minimum Gasteiger partial charge on any atom is -0.395 e. The molecule has 0 spiro atoms. The second-order valence-electron chi connectivity index (χ2n) is 5.27. The Morgan fingerprint density at radius 1 is 1.55 bits per heavy atom. The maximum absolute atomic E-state index is 12.1. The summed E-state index contributed by atoms with van der Waals surface area (Å²) in [5.74, 6) is 6.83. The monoisotopic (exact) mass is 291 g/mol. The second kappa shape index (κ2) is 7.47. The predicted octanol–water partition coefficient (Wildman–Crippen LogP) is 2.53. The first-order valence-corrected chi connectivity index (χ1v) is 8.04. The molecule has 1 fully saturated rings. The van der Waals surface area contributed by atoms with Crippen molar-refractivity contribution in [2.75, 3.05) is 6.61 Å². The largest absolute Gasteiger partial charge is 0.395 e. The van der Waals surface area contributed by atoms with Gasteiger partial charge < -0.3 is 10.4 Å². The maximum atomic E-state index is 12.1. The van der Waals surface area contributed by atoms with Crippen LogP contribution >= 0.6 is 11.3 Å². The third kappa shape index (κ3) is 3.84. The molecule has 1 heterocycles. The molecule has 3 nitrogen and oxygen atoms in total. The van der Waals surface area contributed by atoms with E-state index in [0.717, 1.165) is 29.7 Å². The topological polar surface area (TPSA) is 49.3 Å². The number of carbonyl (C=O) groups is 1. The van der Waals surface area contributed by atoms with E-state index < -0.39 is 0 Å². The minimum absolute atomic E-state index is 0.0861. The highest BCUT2D eigenvalue weighted by Crippen LogP contribution is 2.31. The van der Waals surface area contributed by atoms with Crippen molar-refractivity contribution in [3.8, 4) is 11.8 Å². The normalized spacial score (nSPS) is 21.3. The summed E-state index contributed by atoms with van der Waals surface area (Å²) in [5, 5.41) is 13.8. The molecule has 1 amide bonds. The summed E-state index contributed by atoms with van der Waals surface area (Å²) in [6.45, 7) is 2.81. The molecule has 1 aromatic rings. The zero-order valence-corrected chi connectivity index (χ0v) is 12.6. The lowest BCUT2D eigenvalue weighted by atomic mass is 9.97. The van der Waals surface area contributed by atoms with Crippen molar-refractivity contribution in [2.24, 2.45) is 11.8 Å². The van der Waals surface area contributed by atoms with Gasteiger partial charge in [-0.05, 0) is 30.2 Å². The zero-order valence-electron chi connectivity index (χ0n) is 11.8. The van der Waals surface area contributed by atoms with E-state index in [-0.39, 0.29) is 18.4 Å². The SMILES string of the molecule is CC1CCCC1C(=O)NCc1sccc1C#CCCO. The smallest absolute Gasteiger partial charge is 0.223 e. The number of hydrogen-bond donors (Lipinski definition) is 2. The third-order valence-corrected chi connectivity index (χ3v) is 4.75. The lowest BCUT2D eigenvalue weighted by Crippen LogP contribution is -2.31. The van der Waals surface area contributed by atoms with Crippen molar-refractivity contribution in [3.05, 3.63) is 21.9 Å². The van der Waals surface area contributed by atoms with Gasteiger partial charge in [0.1, 0.15) is 0 Å². The van der Waals surface area contributed by atoms with Crippen molar-refractivity contribution in [2.45, 2.75) is 39.2 Å². The highest BCUT2D eigenvalue weighted by atomic mass is 32.1. The molecule has 0 radical (unpaired) electrons. The number of carbonyl (C=O) groups excluding carboxylic acids is 1. The summed E-state index contributed by atoms with van der Waals surface area (Å²) in [5.41, 5.74) is 0.961. The molecular weight excluding hydrogens is 270 g/mol. The fourth-order valence-electron chi connectivity index (χ4n) is 2.64. The lowest BCUT2D eigenvalue weighted by molar-refractivity contribution is -0.126. The average Bonchev–Trinajstić information content (AvgIpc) is 3.05. The van der Waals surface area contributed by atoms with Crippen molar-refractivity contribution in [1.82, 2.24) is 5.32 Å². The summed E-state index contributed by atoms with van der Waals surface area (Å²) in [4.78, 5) is 13.2. The molecule has 1 saturated carbocycles. The van der Waals surface area contributed by atoms with Gasteiger partial charge in [0.25, 0.3) is 0 Å². The van der Waals surface area contributed by atoms with Crippen LogP contribution in [0.3, 0.4) is 0 Å². The molecule has 0 aliphatic heterocycles. The molecule has 0 aromatic carbocycles. The van der Waals surface area contributed by atoms with Gasteiger partial charge in [-0.3, -0.25) is 4.79 Å². The van der Waals surface area contributed by atoms with Crippen LogP contribution in [-0.2, 0) is 11.3 Å². The molecule has 1 aromatic heterocycles.